The van der Waals surface area contributed by atoms with Crippen molar-refractivity contribution >= 4 is 17.6 Å². The molecule has 0 aromatic heterocycles. The molecule has 0 bridgehead atoms. The molecule has 3 heteroatoms. The molecule has 0 saturated heterocycles. The van der Waals surface area contributed by atoms with E-state index in [4.69, 9.17) is 11.6 Å². The minimum absolute atomic E-state index is 0.450. The highest BCUT2D eigenvalue weighted by Crippen LogP contribution is 2.30. The van der Waals surface area contributed by atoms with Gasteiger partial charge in [0, 0.05) is 5.02 Å². The zero-order valence-corrected chi connectivity index (χ0v) is 12.3. The molecule has 2 aromatic carbocycles. The van der Waals surface area contributed by atoms with Crippen LogP contribution in [0.1, 0.15) is 23.6 Å². The summed E-state index contributed by atoms with van der Waals surface area (Å²) in [5.41, 5.74) is 1.95. The highest BCUT2D eigenvalue weighted by atomic mass is 35.5. The maximum atomic E-state index is 11.8. The number of hydrogen-bond donors (Lipinski definition) is 1. The summed E-state index contributed by atoms with van der Waals surface area (Å²) in [6.45, 7) is 3.75. The second kappa shape index (κ2) is 5.68. The van der Waals surface area contributed by atoms with E-state index in [1.165, 1.54) is 0 Å². The van der Waals surface area contributed by atoms with Gasteiger partial charge in [0.2, 0.25) is 0 Å². The second-order valence-electron chi connectivity index (χ2n) is 5.31. The van der Waals surface area contributed by atoms with Gasteiger partial charge in [0.1, 0.15) is 0 Å². The molecule has 0 spiro atoms. The Kier molecular flexibility index (Phi) is 4.15. The van der Waals surface area contributed by atoms with Crippen molar-refractivity contribution in [3.05, 3.63) is 70.2 Å². The third-order valence-corrected chi connectivity index (χ3v) is 3.85. The van der Waals surface area contributed by atoms with Crippen molar-refractivity contribution in [1.29, 1.82) is 0 Å². The molecule has 1 atom stereocenters. The second-order valence-corrected chi connectivity index (χ2v) is 5.75. The summed E-state index contributed by atoms with van der Waals surface area (Å²) in [6.07, 6.45) is 0.450. The Morgan fingerprint density at radius 1 is 1.20 bits per heavy atom. The Morgan fingerprint density at radius 3 is 2.40 bits per heavy atom. The summed E-state index contributed by atoms with van der Waals surface area (Å²) in [6, 6.07) is 15.0. The monoisotopic (exact) mass is 288 g/mol. The third-order valence-electron chi connectivity index (χ3n) is 3.59. The molecule has 104 valence electrons. The standard InChI is InChI=1S/C17H17ClO2/c1-12-4-3-5-13(10-12)11-17(2,16(19)20)14-6-8-15(18)9-7-14/h3-10H,11H2,1-2H3,(H,19,20). The van der Waals surface area contributed by atoms with Crippen LogP contribution in [-0.4, -0.2) is 11.1 Å². The molecule has 20 heavy (non-hydrogen) atoms. The Morgan fingerprint density at radius 2 is 1.85 bits per heavy atom. The first kappa shape index (κ1) is 14.6. The summed E-state index contributed by atoms with van der Waals surface area (Å²) in [5.74, 6) is -0.832. The molecule has 0 radical (unpaired) electrons. The van der Waals surface area contributed by atoms with Crippen LogP contribution in [0.5, 0.6) is 0 Å². The van der Waals surface area contributed by atoms with Crippen LogP contribution in [0.25, 0.3) is 0 Å². The number of carboxylic acid groups (broad SMARTS) is 1. The van der Waals surface area contributed by atoms with Gasteiger partial charge in [0.05, 0.1) is 5.41 Å². The lowest BCUT2D eigenvalue weighted by molar-refractivity contribution is -0.143. The highest BCUT2D eigenvalue weighted by molar-refractivity contribution is 6.30. The maximum absolute atomic E-state index is 11.8. The third kappa shape index (κ3) is 3.02. The molecule has 0 aliphatic rings. The van der Waals surface area contributed by atoms with E-state index >= 15 is 0 Å². The molecule has 0 aliphatic heterocycles. The van der Waals surface area contributed by atoms with E-state index < -0.39 is 11.4 Å². The zero-order valence-electron chi connectivity index (χ0n) is 11.6. The molecule has 2 aromatic rings. The topological polar surface area (TPSA) is 37.3 Å². The number of halogens is 1. The van der Waals surface area contributed by atoms with Crippen LogP contribution in [0.3, 0.4) is 0 Å². The SMILES string of the molecule is Cc1cccc(CC(C)(C(=O)O)c2ccc(Cl)cc2)c1. The van der Waals surface area contributed by atoms with Gasteiger partial charge in [-0.25, -0.2) is 0 Å². The molecule has 0 amide bonds. The van der Waals surface area contributed by atoms with Gasteiger partial charge in [-0.3, -0.25) is 4.79 Å². The van der Waals surface area contributed by atoms with E-state index in [2.05, 4.69) is 0 Å². The first-order chi connectivity index (χ1) is 9.41. The predicted molar refractivity (Wildman–Crippen MR) is 81.3 cm³/mol. The Balaban J connectivity index is 2.39. The largest absolute Gasteiger partial charge is 0.481 e. The molecule has 0 heterocycles. The molecule has 1 N–H and O–H groups in total. The highest BCUT2D eigenvalue weighted by Gasteiger charge is 2.35. The van der Waals surface area contributed by atoms with Gasteiger partial charge < -0.3 is 5.11 Å². The van der Waals surface area contributed by atoms with E-state index in [9.17, 15) is 9.90 Å². The Bertz CT molecular complexity index is 619. The van der Waals surface area contributed by atoms with Gasteiger partial charge in [-0.15, -0.1) is 0 Å². The number of rotatable bonds is 4. The summed E-state index contributed by atoms with van der Waals surface area (Å²) in [4.78, 5) is 11.8. The maximum Gasteiger partial charge on any atom is 0.314 e. The van der Waals surface area contributed by atoms with Crippen LogP contribution in [0.15, 0.2) is 48.5 Å². The number of hydrogen-bond acceptors (Lipinski definition) is 1. The van der Waals surface area contributed by atoms with Crippen LogP contribution in [-0.2, 0) is 16.6 Å². The van der Waals surface area contributed by atoms with Crippen molar-refractivity contribution in [1.82, 2.24) is 0 Å². The van der Waals surface area contributed by atoms with Crippen molar-refractivity contribution < 1.29 is 9.90 Å². The van der Waals surface area contributed by atoms with E-state index in [-0.39, 0.29) is 0 Å². The first-order valence-corrected chi connectivity index (χ1v) is 6.84. The van der Waals surface area contributed by atoms with Gasteiger partial charge in [-0.1, -0.05) is 53.6 Å². The fourth-order valence-corrected chi connectivity index (χ4v) is 2.48. The number of aryl methyl sites for hydroxylation is 1. The average molecular weight is 289 g/mol. The first-order valence-electron chi connectivity index (χ1n) is 6.47. The fourth-order valence-electron chi connectivity index (χ4n) is 2.35. The van der Waals surface area contributed by atoms with E-state index in [0.717, 1.165) is 16.7 Å². The minimum atomic E-state index is -0.960. The molecule has 0 saturated carbocycles. The number of benzene rings is 2. The van der Waals surface area contributed by atoms with Crippen LogP contribution in [0, 0.1) is 6.92 Å². The molecule has 1 unspecified atom stereocenters. The lowest BCUT2D eigenvalue weighted by Gasteiger charge is -2.25. The number of carboxylic acids is 1. The van der Waals surface area contributed by atoms with Gasteiger partial charge in [-0.05, 0) is 43.5 Å². The average Bonchev–Trinajstić information content (AvgIpc) is 2.39. The van der Waals surface area contributed by atoms with E-state index in [0.29, 0.717) is 11.4 Å². The van der Waals surface area contributed by atoms with Crippen LogP contribution in [0.2, 0.25) is 5.02 Å². The molecule has 2 rings (SSSR count). The number of aliphatic carboxylic acids is 1. The quantitative estimate of drug-likeness (QED) is 0.914. The predicted octanol–water partition coefficient (Wildman–Crippen LogP) is 4.23. The van der Waals surface area contributed by atoms with Crippen molar-refractivity contribution in [2.75, 3.05) is 0 Å². The molecular formula is C17H17ClO2. The summed E-state index contributed by atoms with van der Waals surface area (Å²) < 4.78 is 0. The van der Waals surface area contributed by atoms with Crippen molar-refractivity contribution in [2.24, 2.45) is 0 Å². The van der Waals surface area contributed by atoms with Crippen LogP contribution < -0.4 is 0 Å². The van der Waals surface area contributed by atoms with Crippen molar-refractivity contribution in [3.63, 3.8) is 0 Å². The normalized spacial score (nSPS) is 13.8. The summed E-state index contributed by atoms with van der Waals surface area (Å²) >= 11 is 5.87. The van der Waals surface area contributed by atoms with Crippen molar-refractivity contribution in [2.45, 2.75) is 25.7 Å². The Hall–Kier alpha value is -1.80. The van der Waals surface area contributed by atoms with E-state index in [1.54, 1.807) is 31.2 Å². The Labute approximate surface area is 124 Å². The van der Waals surface area contributed by atoms with Gasteiger partial charge >= 0.3 is 5.97 Å². The minimum Gasteiger partial charge on any atom is -0.481 e. The fraction of sp³-hybridized carbons (Fsp3) is 0.235. The summed E-state index contributed by atoms with van der Waals surface area (Å²) in [7, 11) is 0. The van der Waals surface area contributed by atoms with Gasteiger partial charge in [0.15, 0.2) is 0 Å². The van der Waals surface area contributed by atoms with Crippen molar-refractivity contribution in [3.8, 4) is 0 Å². The van der Waals surface area contributed by atoms with Gasteiger partial charge in [0.25, 0.3) is 0 Å². The lowest BCUT2D eigenvalue weighted by atomic mass is 9.77. The van der Waals surface area contributed by atoms with Crippen LogP contribution in [0.4, 0.5) is 0 Å². The van der Waals surface area contributed by atoms with Gasteiger partial charge in [-0.2, -0.15) is 0 Å². The lowest BCUT2D eigenvalue weighted by Crippen LogP contribution is -2.34. The number of carbonyl (C=O) groups is 1. The smallest absolute Gasteiger partial charge is 0.314 e. The zero-order chi connectivity index (χ0) is 14.8. The molecule has 2 nitrogen and oxygen atoms in total. The molecule has 0 fully saturated rings. The van der Waals surface area contributed by atoms with Crippen LogP contribution >= 0.6 is 11.6 Å². The summed E-state index contributed by atoms with van der Waals surface area (Å²) in [5, 5.41) is 10.3. The van der Waals surface area contributed by atoms with E-state index in [1.807, 2.05) is 31.2 Å². The molecular weight excluding hydrogens is 272 g/mol. The molecule has 0 aliphatic carbocycles.